The minimum atomic E-state index is -0.442. The quantitative estimate of drug-likeness (QED) is 0.240. The van der Waals surface area contributed by atoms with Gasteiger partial charge in [0.25, 0.3) is 0 Å². The molecule has 0 aliphatic carbocycles. The van der Waals surface area contributed by atoms with E-state index in [4.69, 9.17) is 4.74 Å². The molecule has 5 nitrogen and oxygen atoms in total. The summed E-state index contributed by atoms with van der Waals surface area (Å²) in [7, 11) is 0. The maximum atomic E-state index is 12.1. The zero-order valence-electron chi connectivity index (χ0n) is 15.2. The van der Waals surface area contributed by atoms with Gasteiger partial charge in [-0.2, -0.15) is 0 Å². The number of carbonyl (C=O) groups is 1. The molecule has 0 saturated carbocycles. The van der Waals surface area contributed by atoms with E-state index in [1.165, 1.54) is 12.4 Å². The lowest BCUT2D eigenvalue weighted by molar-refractivity contribution is -0.128. The lowest BCUT2D eigenvalue weighted by Crippen LogP contribution is -2.04. The van der Waals surface area contributed by atoms with Crippen molar-refractivity contribution in [2.24, 2.45) is 0 Å². The number of benzene rings is 3. The SMILES string of the molecule is O=C(/C=C/c1ccccc1)Oc1cccc(Nc2ncnc3ccc(Br)cc23)c1. The molecule has 4 aromatic rings. The molecule has 4 rings (SSSR count). The normalized spacial score (nSPS) is 10.9. The Morgan fingerprint density at radius 3 is 2.69 bits per heavy atom. The molecule has 0 aliphatic heterocycles. The smallest absolute Gasteiger partial charge is 0.336 e. The molecule has 1 N–H and O–H groups in total. The molecular formula is C23H16BrN3O2. The second-order valence-electron chi connectivity index (χ2n) is 6.20. The number of hydrogen-bond donors (Lipinski definition) is 1. The predicted octanol–water partition coefficient (Wildman–Crippen LogP) is 5.75. The first kappa shape index (κ1) is 18.8. The van der Waals surface area contributed by atoms with Gasteiger partial charge in [-0.25, -0.2) is 14.8 Å². The summed E-state index contributed by atoms with van der Waals surface area (Å²) < 4.78 is 6.36. The lowest BCUT2D eigenvalue weighted by atomic mass is 10.2. The number of rotatable bonds is 5. The third-order valence-electron chi connectivity index (χ3n) is 4.12. The highest BCUT2D eigenvalue weighted by atomic mass is 79.9. The third kappa shape index (κ3) is 4.86. The summed E-state index contributed by atoms with van der Waals surface area (Å²) in [6.07, 6.45) is 4.64. The zero-order valence-corrected chi connectivity index (χ0v) is 16.8. The Balaban J connectivity index is 1.50. The summed E-state index contributed by atoms with van der Waals surface area (Å²) in [4.78, 5) is 20.7. The first-order chi connectivity index (χ1) is 14.2. The molecular weight excluding hydrogens is 430 g/mol. The summed E-state index contributed by atoms with van der Waals surface area (Å²) in [6, 6.07) is 22.6. The minimum Gasteiger partial charge on any atom is -0.423 e. The van der Waals surface area contributed by atoms with Crippen LogP contribution in [0.4, 0.5) is 11.5 Å². The van der Waals surface area contributed by atoms with Crippen molar-refractivity contribution in [2.75, 3.05) is 5.32 Å². The van der Waals surface area contributed by atoms with Crippen molar-refractivity contribution in [2.45, 2.75) is 0 Å². The van der Waals surface area contributed by atoms with Crippen LogP contribution < -0.4 is 10.1 Å². The Labute approximate surface area is 176 Å². The van der Waals surface area contributed by atoms with Crippen LogP contribution in [0.1, 0.15) is 5.56 Å². The van der Waals surface area contributed by atoms with Crippen molar-refractivity contribution >= 4 is 50.4 Å². The van der Waals surface area contributed by atoms with Crippen LogP contribution in [0.3, 0.4) is 0 Å². The number of fused-ring (bicyclic) bond motifs is 1. The van der Waals surface area contributed by atoms with Gasteiger partial charge < -0.3 is 10.1 Å². The monoisotopic (exact) mass is 445 g/mol. The average Bonchev–Trinajstić information content (AvgIpc) is 2.74. The van der Waals surface area contributed by atoms with Gasteiger partial charge in [-0.05, 0) is 42.0 Å². The number of ether oxygens (including phenoxy) is 1. The van der Waals surface area contributed by atoms with Crippen molar-refractivity contribution in [3.63, 3.8) is 0 Å². The summed E-state index contributed by atoms with van der Waals surface area (Å²) in [5, 5.41) is 4.15. The Morgan fingerprint density at radius 2 is 1.83 bits per heavy atom. The highest BCUT2D eigenvalue weighted by Crippen LogP contribution is 2.27. The molecule has 142 valence electrons. The Bertz CT molecular complexity index is 1190. The molecule has 29 heavy (non-hydrogen) atoms. The van der Waals surface area contributed by atoms with E-state index < -0.39 is 5.97 Å². The van der Waals surface area contributed by atoms with Crippen molar-refractivity contribution in [3.05, 3.63) is 95.2 Å². The molecule has 1 aromatic heterocycles. The van der Waals surface area contributed by atoms with E-state index in [1.54, 1.807) is 18.2 Å². The summed E-state index contributed by atoms with van der Waals surface area (Å²) >= 11 is 3.48. The van der Waals surface area contributed by atoms with E-state index in [-0.39, 0.29) is 0 Å². The van der Waals surface area contributed by atoms with Crippen LogP contribution in [0.5, 0.6) is 5.75 Å². The van der Waals surface area contributed by atoms with Crippen LogP contribution in [0.25, 0.3) is 17.0 Å². The Hall–Kier alpha value is -3.51. The van der Waals surface area contributed by atoms with Crippen molar-refractivity contribution in [3.8, 4) is 5.75 Å². The number of esters is 1. The third-order valence-corrected chi connectivity index (χ3v) is 4.62. The summed E-state index contributed by atoms with van der Waals surface area (Å²) in [5.74, 6) is 0.670. The van der Waals surface area contributed by atoms with E-state index >= 15 is 0 Å². The fourth-order valence-electron chi connectivity index (χ4n) is 2.78. The van der Waals surface area contributed by atoms with Crippen LogP contribution in [-0.2, 0) is 4.79 Å². The van der Waals surface area contributed by atoms with Gasteiger partial charge in [-0.1, -0.05) is 52.3 Å². The molecule has 3 aromatic carbocycles. The van der Waals surface area contributed by atoms with Crippen LogP contribution >= 0.6 is 15.9 Å². The van der Waals surface area contributed by atoms with Gasteiger partial charge in [0, 0.05) is 27.7 Å². The van der Waals surface area contributed by atoms with E-state index in [9.17, 15) is 4.79 Å². The van der Waals surface area contributed by atoms with E-state index in [2.05, 4.69) is 31.2 Å². The van der Waals surface area contributed by atoms with Gasteiger partial charge in [0.15, 0.2) is 0 Å². The number of anilines is 2. The molecule has 0 unspecified atom stereocenters. The molecule has 0 spiro atoms. The molecule has 1 heterocycles. The first-order valence-corrected chi connectivity index (χ1v) is 9.69. The van der Waals surface area contributed by atoms with Gasteiger partial charge >= 0.3 is 5.97 Å². The van der Waals surface area contributed by atoms with Gasteiger partial charge in [0.1, 0.15) is 17.9 Å². The van der Waals surface area contributed by atoms with Crippen LogP contribution in [0.2, 0.25) is 0 Å². The van der Waals surface area contributed by atoms with Gasteiger partial charge in [0.05, 0.1) is 5.52 Å². The van der Waals surface area contributed by atoms with Gasteiger partial charge in [0.2, 0.25) is 0 Å². The molecule has 0 saturated heterocycles. The largest absolute Gasteiger partial charge is 0.423 e. The number of aromatic nitrogens is 2. The number of nitrogens with zero attached hydrogens (tertiary/aromatic N) is 2. The van der Waals surface area contributed by atoms with Gasteiger partial charge in [-0.15, -0.1) is 0 Å². The van der Waals surface area contributed by atoms with Crippen molar-refractivity contribution in [1.29, 1.82) is 0 Å². The number of hydrogen-bond acceptors (Lipinski definition) is 5. The second kappa shape index (κ2) is 8.67. The fraction of sp³-hybridized carbons (Fsp3) is 0. The van der Waals surface area contributed by atoms with E-state index in [1.807, 2.05) is 60.7 Å². The molecule has 0 amide bonds. The molecule has 0 atom stereocenters. The minimum absolute atomic E-state index is 0.442. The van der Waals surface area contributed by atoms with Crippen molar-refractivity contribution in [1.82, 2.24) is 9.97 Å². The molecule has 0 aliphatic rings. The predicted molar refractivity (Wildman–Crippen MR) is 118 cm³/mol. The standard InChI is InChI=1S/C23H16BrN3O2/c24-17-10-11-21-20(13-17)23(26-15-25-21)27-18-7-4-8-19(14-18)29-22(28)12-9-16-5-2-1-3-6-16/h1-15H,(H,25,26,27)/b12-9+. The topological polar surface area (TPSA) is 64.1 Å². The van der Waals surface area contributed by atoms with Crippen molar-refractivity contribution < 1.29 is 9.53 Å². The second-order valence-corrected chi connectivity index (χ2v) is 7.12. The van der Waals surface area contributed by atoms with Crippen LogP contribution in [0, 0.1) is 0 Å². The van der Waals surface area contributed by atoms with E-state index in [0.717, 1.165) is 26.6 Å². The van der Waals surface area contributed by atoms with Gasteiger partial charge in [-0.3, -0.25) is 0 Å². The van der Waals surface area contributed by atoms with E-state index in [0.29, 0.717) is 11.6 Å². The van der Waals surface area contributed by atoms with Crippen LogP contribution in [0.15, 0.2) is 89.7 Å². The summed E-state index contributed by atoms with van der Waals surface area (Å²) in [6.45, 7) is 0. The van der Waals surface area contributed by atoms with Crippen LogP contribution in [-0.4, -0.2) is 15.9 Å². The Morgan fingerprint density at radius 1 is 0.966 bits per heavy atom. The zero-order chi connectivity index (χ0) is 20.1. The highest BCUT2D eigenvalue weighted by molar-refractivity contribution is 9.10. The molecule has 0 fully saturated rings. The lowest BCUT2D eigenvalue weighted by Gasteiger charge is -2.10. The Kier molecular flexibility index (Phi) is 5.63. The number of carbonyl (C=O) groups excluding carboxylic acids is 1. The molecule has 0 bridgehead atoms. The number of nitrogens with one attached hydrogen (secondary N) is 1. The first-order valence-electron chi connectivity index (χ1n) is 8.90. The fourth-order valence-corrected chi connectivity index (χ4v) is 3.14. The summed E-state index contributed by atoms with van der Waals surface area (Å²) in [5.41, 5.74) is 2.52. The maximum absolute atomic E-state index is 12.1. The average molecular weight is 446 g/mol. The molecule has 6 heteroatoms. The number of halogens is 1. The highest BCUT2D eigenvalue weighted by Gasteiger charge is 2.07. The molecule has 0 radical (unpaired) electrons. The maximum Gasteiger partial charge on any atom is 0.336 e.